The number of likely N-dealkylation sites (tertiary alicyclic amines) is 1. The molecule has 4 nitrogen and oxygen atoms in total. The van der Waals surface area contributed by atoms with Gasteiger partial charge in [0.05, 0.1) is 0 Å². The van der Waals surface area contributed by atoms with E-state index in [2.05, 4.69) is 5.10 Å². The van der Waals surface area contributed by atoms with E-state index in [1.165, 1.54) is 5.69 Å². The lowest BCUT2D eigenvalue weighted by atomic mass is 10.0. The molecule has 5 heteroatoms. The Morgan fingerprint density at radius 2 is 2.50 bits per heavy atom. The molecule has 1 aliphatic heterocycles. The lowest BCUT2D eigenvalue weighted by Gasteiger charge is -2.14. The molecule has 0 aliphatic carbocycles. The Morgan fingerprint density at radius 1 is 1.69 bits per heavy atom. The SMILES string of the molecule is Cn1nccc1CC1CCN(C(=O)CCl)C1. The summed E-state index contributed by atoms with van der Waals surface area (Å²) in [7, 11) is 1.95. The molecular weight excluding hydrogens is 226 g/mol. The summed E-state index contributed by atoms with van der Waals surface area (Å²) in [6.45, 7) is 1.67. The molecule has 0 N–H and O–H groups in total. The van der Waals surface area contributed by atoms with Crippen LogP contribution in [0.25, 0.3) is 0 Å². The van der Waals surface area contributed by atoms with Gasteiger partial charge in [-0.25, -0.2) is 0 Å². The Balaban J connectivity index is 1.90. The Hall–Kier alpha value is -1.03. The second-order valence-electron chi connectivity index (χ2n) is 4.28. The summed E-state index contributed by atoms with van der Waals surface area (Å²) in [5, 5.41) is 4.14. The molecule has 1 fully saturated rings. The zero-order valence-corrected chi connectivity index (χ0v) is 10.2. The summed E-state index contributed by atoms with van der Waals surface area (Å²) in [6, 6.07) is 2.03. The minimum Gasteiger partial charge on any atom is -0.341 e. The van der Waals surface area contributed by atoms with Crippen LogP contribution in [0.15, 0.2) is 12.3 Å². The van der Waals surface area contributed by atoms with E-state index in [0.717, 1.165) is 25.9 Å². The van der Waals surface area contributed by atoms with E-state index in [0.29, 0.717) is 5.92 Å². The fourth-order valence-electron chi connectivity index (χ4n) is 2.21. The number of aryl methyl sites for hydroxylation is 1. The van der Waals surface area contributed by atoms with Crippen LogP contribution >= 0.6 is 11.6 Å². The van der Waals surface area contributed by atoms with Crippen molar-refractivity contribution in [3.8, 4) is 0 Å². The molecule has 0 aromatic carbocycles. The molecule has 1 saturated heterocycles. The maximum atomic E-state index is 11.4. The first kappa shape index (κ1) is 11.5. The molecule has 0 bridgehead atoms. The Bertz CT molecular complexity index is 377. The summed E-state index contributed by atoms with van der Waals surface area (Å²) in [6.07, 6.45) is 3.86. The van der Waals surface area contributed by atoms with Gasteiger partial charge in [-0.15, -0.1) is 11.6 Å². The van der Waals surface area contributed by atoms with E-state index in [1.54, 1.807) is 0 Å². The van der Waals surface area contributed by atoms with Crippen molar-refractivity contribution < 1.29 is 4.79 Å². The molecule has 2 heterocycles. The second-order valence-corrected chi connectivity index (χ2v) is 4.55. The van der Waals surface area contributed by atoms with Gasteiger partial charge in [-0.05, 0) is 24.8 Å². The normalized spacial score (nSPS) is 20.4. The molecular formula is C11H16ClN3O. The van der Waals surface area contributed by atoms with Crippen LogP contribution in [0, 0.1) is 5.92 Å². The minimum absolute atomic E-state index is 0.0502. The van der Waals surface area contributed by atoms with Crippen molar-refractivity contribution in [3.63, 3.8) is 0 Å². The van der Waals surface area contributed by atoms with Crippen molar-refractivity contribution in [1.29, 1.82) is 0 Å². The summed E-state index contributed by atoms with van der Waals surface area (Å²) < 4.78 is 1.89. The summed E-state index contributed by atoms with van der Waals surface area (Å²) in [5.41, 5.74) is 1.23. The van der Waals surface area contributed by atoms with Gasteiger partial charge in [0.2, 0.25) is 5.91 Å². The van der Waals surface area contributed by atoms with Crippen LogP contribution in [0.5, 0.6) is 0 Å². The molecule has 1 aliphatic rings. The molecule has 1 aromatic heterocycles. The molecule has 1 atom stereocenters. The number of hydrogen-bond donors (Lipinski definition) is 0. The molecule has 16 heavy (non-hydrogen) atoms. The van der Waals surface area contributed by atoms with Gasteiger partial charge >= 0.3 is 0 Å². The lowest BCUT2D eigenvalue weighted by molar-refractivity contribution is -0.127. The third-order valence-electron chi connectivity index (χ3n) is 3.17. The molecule has 1 unspecified atom stereocenters. The number of alkyl halides is 1. The van der Waals surface area contributed by atoms with Gasteiger partial charge in [0.15, 0.2) is 0 Å². The van der Waals surface area contributed by atoms with Gasteiger partial charge in [-0.2, -0.15) is 5.10 Å². The topological polar surface area (TPSA) is 38.1 Å². The number of halogens is 1. The van der Waals surface area contributed by atoms with Crippen LogP contribution in [0.4, 0.5) is 0 Å². The standard InChI is InChI=1S/C11H16ClN3O/c1-14-10(2-4-13-14)6-9-3-5-15(8-9)11(16)7-12/h2,4,9H,3,5-8H2,1H3. The zero-order valence-electron chi connectivity index (χ0n) is 9.40. The van der Waals surface area contributed by atoms with Gasteiger partial charge in [-0.3, -0.25) is 9.48 Å². The molecule has 88 valence electrons. The second kappa shape index (κ2) is 4.87. The first-order valence-corrected chi connectivity index (χ1v) is 6.04. The highest BCUT2D eigenvalue weighted by Gasteiger charge is 2.26. The van der Waals surface area contributed by atoms with Crippen molar-refractivity contribution in [3.05, 3.63) is 18.0 Å². The van der Waals surface area contributed by atoms with Crippen molar-refractivity contribution in [2.45, 2.75) is 12.8 Å². The van der Waals surface area contributed by atoms with E-state index in [9.17, 15) is 4.79 Å². The molecule has 0 radical (unpaired) electrons. The van der Waals surface area contributed by atoms with E-state index in [4.69, 9.17) is 11.6 Å². The third-order valence-corrected chi connectivity index (χ3v) is 3.40. The maximum Gasteiger partial charge on any atom is 0.237 e. The first-order valence-electron chi connectivity index (χ1n) is 5.51. The molecule has 0 saturated carbocycles. The predicted molar refractivity (Wildman–Crippen MR) is 62.3 cm³/mol. The molecule has 1 amide bonds. The average molecular weight is 242 g/mol. The van der Waals surface area contributed by atoms with E-state index < -0.39 is 0 Å². The fraction of sp³-hybridized carbons (Fsp3) is 0.636. The number of amides is 1. The Labute approximate surface area is 100 Å². The zero-order chi connectivity index (χ0) is 11.5. The average Bonchev–Trinajstić information content (AvgIpc) is 2.89. The van der Waals surface area contributed by atoms with Crippen LogP contribution in [0.1, 0.15) is 12.1 Å². The smallest absolute Gasteiger partial charge is 0.237 e. The molecule has 0 spiro atoms. The van der Waals surface area contributed by atoms with Gasteiger partial charge in [0.25, 0.3) is 0 Å². The number of aromatic nitrogens is 2. The van der Waals surface area contributed by atoms with Crippen LogP contribution < -0.4 is 0 Å². The minimum atomic E-state index is 0.0502. The van der Waals surface area contributed by atoms with Crippen molar-refractivity contribution >= 4 is 17.5 Å². The van der Waals surface area contributed by atoms with Crippen LogP contribution in [0.2, 0.25) is 0 Å². The lowest BCUT2D eigenvalue weighted by Crippen LogP contribution is -2.29. The highest BCUT2D eigenvalue weighted by Crippen LogP contribution is 2.20. The van der Waals surface area contributed by atoms with Gasteiger partial charge in [-0.1, -0.05) is 0 Å². The highest BCUT2D eigenvalue weighted by molar-refractivity contribution is 6.27. The first-order chi connectivity index (χ1) is 7.70. The largest absolute Gasteiger partial charge is 0.341 e. The number of rotatable bonds is 3. The number of nitrogens with zero attached hydrogens (tertiary/aromatic N) is 3. The third kappa shape index (κ3) is 2.38. The number of carbonyl (C=O) groups is 1. The van der Waals surface area contributed by atoms with Crippen molar-refractivity contribution in [1.82, 2.24) is 14.7 Å². The van der Waals surface area contributed by atoms with Crippen LogP contribution in [-0.4, -0.2) is 39.6 Å². The van der Waals surface area contributed by atoms with Gasteiger partial charge < -0.3 is 4.90 Å². The summed E-state index contributed by atoms with van der Waals surface area (Å²) in [5.74, 6) is 0.690. The maximum absolute atomic E-state index is 11.4. The van der Waals surface area contributed by atoms with E-state index in [1.807, 2.05) is 28.9 Å². The summed E-state index contributed by atoms with van der Waals surface area (Å²) >= 11 is 5.54. The quantitative estimate of drug-likeness (QED) is 0.742. The molecule has 2 rings (SSSR count). The number of carbonyl (C=O) groups excluding carboxylic acids is 1. The van der Waals surface area contributed by atoms with Crippen LogP contribution in [0.3, 0.4) is 0 Å². The molecule has 1 aromatic rings. The predicted octanol–water partition coefficient (Wildman–Crippen LogP) is 1.05. The van der Waals surface area contributed by atoms with Crippen molar-refractivity contribution in [2.75, 3.05) is 19.0 Å². The van der Waals surface area contributed by atoms with Crippen molar-refractivity contribution in [2.24, 2.45) is 13.0 Å². The number of hydrogen-bond acceptors (Lipinski definition) is 2. The fourth-order valence-corrected chi connectivity index (χ4v) is 2.38. The van der Waals surface area contributed by atoms with E-state index >= 15 is 0 Å². The van der Waals surface area contributed by atoms with Gasteiger partial charge in [0, 0.05) is 32.0 Å². The van der Waals surface area contributed by atoms with Crippen LogP contribution in [-0.2, 0) is 18.3 Å². The monoisotopic (exact) mass is 241 g/mol. The summed E-state index contributed by atoms with van der Waals surface area (Å²) in [4.78, 5) is 13.3. The van der Waals surface area contributed by atoms with E-state index in [-0.39, 0.29) is 11.8 Å². The highest BCUT2D eigenvalue weighted by atomic mass is 35.5. The Morgan fingerprint density at radius 3 is 3.12 bits per heavy atom. The van der Waals surface area contributed by atoms with Gasteiger partial charge in [0.1, 0.15) is 5.88 Å². The Kier molecular flexibility index (Phi) is 3.49.